The summed E-state index contributed by atoms with van der Waals surface area (Å²) in [5.74, 6) is -0.826. The van der Waals surface area contributed by atoms with Crippen molar-refractivity contribution >= 4 is 19.8 Å². The van der Waals surface area contributed by atoms with Gasteiger partial charge in [0.1, 0.15) is 19.8 Å². The first-order valence-electron chi connectivity index (χ1n) is 37.0. The van der Waals surface area contributed by atoms with E-state index in [1.807, 2.05) is 21.1 Å². The predicted molar refractivity (Wildman–Crippen MR) is 370 cm³/mol. The molecule has 10 heteroatoms. The van der Waals surface area contributed by atoms with Crippen LogP contribution in [-0.4, -0.2) is 70.0 Å². The van der Waals surface area contributed by atoms with Crippen LogP contribution in [0.4, 0.5) is 0 Å². The van der Waals surface area contributed by atoms with E-state index in [1.54, 1.807) is 0 Å². The van der Waals surface area contributed by atoms with Gasteiger partial charge in [-0.05, 0) is 57.8 Å². The molecule has 2 atom stereocenters. The van der Waals surface area contributed by atoms with Crippen LogP contribution in [0.2, 0.25) is 0 Å². The van der Waals surface area contributed by atoms with E-state index in [2.05, 4.69) is 74.6 Å². The molecular formula is C76H142NO8P. The summed E-state index contributed by atoms with van der Waals surface area (Å²) in [6.45, 7) is 4.17. The van der Waals surface area contributed by atoms with E-state index in [9.17, 15) is 19.0 Å². The summed E-state index contributed by atoms with van der Waals surface area (Å²) in [6.07, 6.45) is 89.0. The highest BCUT2D eigenvalue weighted by molar-refractivity contribution is 7.45. The van der Waals surface area contributed by atoms with E-state index in [1.165, 1.54) is 250 Å². The van der Waals surface area contributed by atoms with Gasteiger partial charge in [0.15, 0.2) is 6.10 Å². The number of nitrogens with zero attached hydrogens (tertiary/aromatic N) is 1. The predicted octanol–water partition coefficient (Wildman–Crippen LogP) is 23.5. The molecule has 0 radical (unpaired) electrons. The number of esters is 2. The summed E-state index contributed by atoms with van der Waals surface area (Å²) in [4.78, 5) is 38.1. The number of phosphoric ester groups is 1. The molecule has 0 bridgehead atoms. The zero-order chi connectivity index (χ0) is 62.6. The topological polar surface area (TPSA) is 111 Å². The summed E-state index contributed by atoms with van der Waals surface area (Å²) in [5.41, 5.74) is 0. The van der Waals surface area contributed by atoms with E-state index < -0.39 is 26.5 Å². The molecule has 0 amide bonds. The number of unbranched alkanes of at least 4 members (excludes halogenated alkanes) is 45. The van der Waals surface area contributed by atoms with Crippen LogP contribution in [0.3, 0.4) is 0 Å². The molecular weight excluding hydrogens is 1090 g/mol. The van der Waals surface area contributed by atoms with Gasteiger partial charge in [-0.3, -0.25) is 14.2 Å². The van der Waals surface area contributed by atoms with Crippen molar-refractivity contribution in [1.82, 2.24) is 0 Å². The van der Waals surface area contributed by atoms with Gasteiger partial charge in [-0.2, -0.15) is 0 Å². The Labute approximate surface area is 534 Å². The fourth-order valence-electron chi connectivity index (χ4n) is 10.9. The lowest BCUT2D eigenvalue weighted by atomic mass is 10.0. The van der Waals surface area contributed by atoms with Gasteiger partial charge in [0.25, 0.3) is 7.82 Å². The van der Waals surface area contributed by atoms with Crippen LogP contribution in [0.1, 0.15) is 361 Å². The zero-order valence-corrected chi connectivity index (χ0v) is 58.4. The van der Waals surface area contributed by atoms with Crippen LogP contribution in [0.15, 0.2) is 60.8 Å². The number of hydrogen-bond donors (Lipinski definition) is 0. The smallest absolute Gasteiger partial charge is 0.306 e. The summed E-state index contributed by atoms with van der Waals surface area (Å²) in [6, 6.07) is 0. The summed E-state index contributed by atoms with van der Waals surface area (Å²) >= 11 is 0. The van der Waals surface area contributed by atoms with Crippen LogP contribution < -0.4 is 4.89 Å². The Balaban J connectivity index is 3.94. The third-order valence-electron chi connectivity index (χ3n) is 16.6. The number of ether oxygens (including phenoxy) is 2. The summed E-state index contributed by atoms with van der Waals surface area (Å²) in [7, 11) is 1.17. The fraction of sp³-hybridized carbons (Fsp3) is 0.842. The molecule has 0 aliphatic heterocycles. The third-order valence-corrected chi connectivity index (χ3v) is 17.5. The molecule has 0 fully saturated rings. The Kier molecular flexibility index (Phi) is 65.3. The van der Waals surface area contributed by atoms with Gasteiger partial charge in [0, 0.05) is 12.8 Å². The number of allylic oxidation sites excluding steroid dienone is 10. The van der Waals surface area contributed by atoms with Crippen molar-refractivity contribution in [3.63, 3.8) is 0 Å². The Hall–Kier alpha value is -2.29. The van der Waals surface area contributed by atoms with E-state index >= 15 is 0 Å². The van der Waals surface area contributed by atoms with Crippen molar-refractivity contribution in [3.8, 4) is 0 Å². The second kappa shape index (κ2) is 67.1. The summed E-state index contributed by atoms with van der Waals surface area (Å²) in [5, 5.41) is 0. The standard InChI is InChI=1S/C76H142NO8P/c1-6-8-10-12-14-16-18-20-22-24-26-28-30-32-33-34-35-36-37-38-39-40-41-42-43-45-46-48-50-52-54-56-58-60-62-64-66-68-75(78)82-72-74(73-84-86(80,81)83-71-70-77(3,4)5)85-76(79)69-67-65-63-61-59-57-55-53-51-49-47-44-31-29-27-25-23-21-19-17-15-13-11-9-7-2/h9,11,15,17,21,23,27,29,44,47,74H,6-8,10,12-14,16,18-20,22,24-26,28,30-43,45-46,48-73H2,1-5H3/b11-9-,17-15-,23-21-,29-27-,47-44-. The Morgan fingerprint density at radius 2 is 0.663 bits per heavy atom. The number of carbonyl (C=O) groups excluding carboxylic acids is 2. The van der Waals surface area contributed by atoms with Crippen molar-refractivity contribution < 1.29 is 42.1 Å². The van der Waals surface area contributed by atoms with Gasteiger partial charge in [-0.25, -0.2) is 0 Å². The highest BCUT2D eigenvalue weighted by Gasteiger charge is 2.22. The molecule has 0 spiro atoms. The maximum atomic E-state index is 12.9. The van der Waals surface area contributed by atoms with Crippen LogP contribution in [0.25, 0.3) is 0 Å². The Morgan fingerprint density at radius 3 is 0.988 bits per heavy atom. The molecule has 504 valence electrons. The number of rotatable bonds is 69. The molecule has 0 N–H and O–H groups in total. The fourth-order valence-corrected chi connectivity index (χ4v) is 11.7. The Morgan fingerprint density at radius 1 is 0.372 bits per heavy atom. The lowest BCUT2D eigenvalue weighted by Gasteiger charge is -2.28. The van der Waals surface area contributed by atoms with Crippen molar-refractivity contribution in [2.75, 3.05) is 47.5 Å². The van der Waals surface area contributed by atoms with Gasteiger partial charge in [-0.1, -0.05) is 351 Å². The molecule has 0 heterocycles. The molecule has 0 saturated carbocycles. The molecule has 0 aliphatic carbocycles. The highest BCUT2D eigenvalue weighted by Crippen LogP contribution is 2.38. The maximum Gasteiger partial charge on any atom is 0.306 e. The first-order valence-corrected chi connectivity index (χ1v) is 38.5. The molecule has 0 rings (SSSR count). The number of quaternary nitrogens is 1. The zero-order valence-electron chi connectivity index (χ0n) is 57.5. The monoisotopic (exact) mass is 1230 g/mol. The largest absolute Gasteiger partial charge is 0.756 e. The van der Waals surface area contributed by atoms with Crippen molar-refractivity contribution in [2.24, 2.45) is 0 Å². The molecule has 9 nitrogen and oxygen atoms in total. The van der Waals surface area contributed by atoms with Gasteiger partial charge < -0.3 is 27.9 Å². The van der Waals surface area contributed by atoms with Crippen molar-refractivity contribution in [3.05, 3.63) is 60.8 Å². The normalized spacial score (nSPS) is 13.4. The van der Waals surface area contributed by atoms with Crippen molar-refractivity contribution in [2.45, 2.75) is 367 Å². The molecule has 0 saturated heterocycles. The average Bonchev–Trinajstić information content (AvgIpc) is 3.70. The molecule has 0 aliphatic rings. The van der Waals surface area contributed by atoms with Crippen molar-refractivity contribution in [1.29, 1.82) is 0 Å². The minimum Gasteiger partial charge on any atom is -0.756 e. The highest BCUT2D eigenvalue weighted by atomic mass is 31.2. The van der Waals surface area contributed by atoms with Crippen LogP contribution >= 0.6 is 7.82 Å². The van der Waals surface area contributed by atoms with E-state index in [4.69, 9.17) is 18.5 Å². The minimum absolute atomic E-state index is 0.0324. The second-order valence-electron chi connectivity index (χ2n) is 26.3. The lowest BCUT2D eigenvalue weighted by Crippen LogP contribution is -2.37. The lowest BCUT2D eigenvalue weighted by molar-refractivity contribution is -0.870. The average molecular weight is 1230 g/mol. The molecule has 0 aromatic carbocycles. The van der Waals surface area contributed by atoms with E-state index in [-0.39, 0.29) is 32.0 Å². The number of likely N-dealkylation sites (N-methyl/N-ethyl adjacent to an activating group) is 1. The SMILES string of the molecule is CC/C=C\C/C=C\C/C=C\C/C=C\C/C=C\CCCCCCCCCCCC(=O)OC(COC(=O)CCCCCCCCCCCCCCCCCCCCCCCCCCCCCCCCCCCCCCC)COP(=O)([O-])OCC[N+](C)(C)C. The van der Waals surface area contributed by atoms with Crippen LogP contribution in [0, 0.1) is 0 Å². The van der Waals surface area contributed by atoms with Gasteiger partial charge >= 0.3 is 11.9 Å². The Bertz CT molecular complexity index is 1630. The quantitative estimate of drug-likeness (QED) is 0.0195. The number of hydrogen-bond acceptors (Lipinski definition) is 8. The van der Waals surface area contributed by atoms with Gasteiger partial charge in [0.05, 0.1) is 27.7 Å². The van der Waals surface area contributed by atoms with Gasteiger partial charge in [0.2, 0.25) is 0 Å². The van der Waals surface area contributed by atoms with Gasteiger partial charge in [-0.15, -0.1) is 0 Å². The maximum absolute atomic E-state index is 12.9. The molecule has 86 heavy (non-hydrogen) atoms. The number of carbonyl (C=O) groups is 2. The molecule has 2 unspecified atom stereocenters. The van der Waals surface area contributed by atoms with Crippen LogP contribution in [0.5, 0.6) is 0 Å². The first-order chi connectivity index (χ1) is 42.0. The van der Waals surface area contributed by atoms with Crippen LogP contribution in [-0.2, 0) is 32.7 Å². The summed E-state index contributed by atoms with van der Waals surface area (Å²) < 4.78 is 34.3. The third kappa shape index (κ3) is 70.8. The van der Waals surface area contributed by atoms with E-state index in [0.29, 0.717) is 17.4 Å². The minimum atomic E-state index is -4.65. The molecule has 0 aromatic heterocycles. The molecule has 0 aromatic rings. The number of phosphoric acid groups is 1. The van der Waals surface area contributed by atoms with E-state index in [0.717, 1.165) is 77.0 Å². The second-order valence-corrected chi connectivity index (χ2v) is 27.7. The first kappa shape index (κ1) is 83.7.